The quantitative estimate of drug-likeness (QED) is 0.441. The number of carbonyl (C=O) groups is 1. The molecule has 172 valence electrons. The van der Waals surface area contributed by atoms with Crippen molar-refractivity contribution in [1.82, 2.24) is 4.98 Å². The Kier molecular flexibility index (Phi) is 5.20. The number of nitrogens with zero attached hydrogens (tertiary/aromatic N) is 2. The molecule has 0 unspecified atom stereocenters. The van der Waals surface area contributed by atoms with E-state index in [4.69, 9.17) is 18.6 Å². The monoisotopic (exact) mass is 458 g/mol. The van der Waals surface area contributed by atoms with Crippen LogP contribution in [0.2, 0.25) is 0 Å². The summed E-state index contributed by atoms with van der Waals surface area (Å²) in [5.41, 5.74) is 1.84. The van der Waals surface area contributed by atoms with Crippen LogP contribution in [0.15, 0.2) is 63.9 Å². The Bertz CT molecular complexity index is 1450. The molecule has 2 aromatic heterocycles. The number of benzene rings is 2. The van der Waals surface area contributed by atoms with Crippen molar-refractivity contribution in [3.63, 3.8) is 0 Å². The molecule has 0 aliphatic carbocycles. The first-order chi connectivity index (χ1) is 16.5. The van der Waals surface area contributed by atoms with E-state index >= 15 is 0 Å². The number of methoxy groups -OCH3 is 3. The van der Waals surface area contributed by atoms with E-state index in [2.05, 4.69) is 4.98 Å². The van der Waals surface area contributed by atoms with Crippen molar-refractivity contribution >= 4 is 22.7 Å². The average Bonchev–Trinajstić information content (AvgIpc) is 3.16. The number of carbonyl (C=O) groups excluding carboxylic acids is 1. The molecule has 0 bridgehead atoms. The second-order valence-electron chi connectivity index (χ2n) is 7.90. The number of amides is 1. The molecular formula is C26H22N2O6. The van der Waals surface area contributed by atoms with Gasteiger partial charge >= 0.3 is 0 Å². The Balaban J connectivity index is 1.83. The van der Waals surface area contributed by atoms with Crippen molar-refractivity contribution in [3.05, 3.63) is 87.4 Å². The molecule has 3 heterocycles. The highest BCUT2D eigenvalue weighted by Gasteiger charge is 2.44. The molecule has 34 heavy (non-hydrogen) atoms. The highest BCUT2D eigenvalue weighted by molar-refractivity contribution is 6.10. The van der Waals surface area contributed by atoms with Gasteiger partial charge in [0.15, 0.2) is 16.9 Å². The van der Waals surface area contributed by atoms with Gasteiger partial charge in [-0.25, -0.2) is 4.98 Å². The van der Waals surface area contributed by atoms with Gasteiger partial charge in [0.1, 0.15) is 11.4 Å². The summed E-state index contributed by atoms with van der Waals surface area (Å²) < 4.78 is 22.5. The Labute approximate surface area is 195 Å². The first kappa shape index (κ1) is 21.5. The molecule has 8 nitrogen and oxygen atoms in total. The second-order valence-corrected chi connectivity index (χ2v) is 7.90. The number of fused-ring (bicyclic) bond motifs is 2. The van der Waals surface area contributed by atoms with E-state index in [0.717, 1.165) is 5.56 Å². The van der Waals surface area contributed by atoms with Crippen LogP contribution < -0.4 is 24.5 Å². The number of hydrogen-bond donors (Lipinski definition) is 0. The van der Waals surface area contributed by atoms with Crippen LogP contribution in [0.25, 0.3) is 11.0 Å². The van der Waals surface area contributed by atoms with Crippen LogP contribution in [0, 0.1) is 6.92 Å². The van der Waals surface area contributed by atoms with Crippen molar-refractivity contribution in [1.29, 1.82) is 0 Å². The van der Waals surface area contributed by atoms with Crippen LogP contribution in [0.1, 0.15) is 33.3 Å². The molecule has 0 N–H and O–H groups in total. The minimum Gasteiger partial charge on any atom is -0.493 e. The maximum Gasteiger partial charge on any atom is 0.296 e. The Morgan fingerprint density at radius 1 is 0.941 bits per heavy atom. The van der Waals surface area contributed by atoms with E-state index < -0.39 is 11.9 Å². The van der Waals surface area contributed by atoms with Crippen molar-refractivity contribution in [2.75, 3.05) is 26.2 Å². The predicted octanol–water partition coefficient (Wildman–Crippen LogP) is 4.27. The normalized spacial score (nSPS) is 14.9. The first-order valence-electron chi connectivity index (χ1n) is 10.6. The van der Waals surface area contributed by atoms with E-state index in [9.17, 15) is 9.59 Å². The van der Waals surface area contributed by atoms with E-state index in [-0.39, 0.29) is 16.8 Å². The zero-order valence-corrected chi connectivity index (χ0v) is 19.1. The minimum absolute atomic E-state index is 0.00942. The SMILES string of the molecule is COc1cc([C@H]2c3c(oc4ccccc4c3=O)C(=O)N2c2ccc(C)cn2)cc(OC)c1OC. The zero-order chi connectivity index (χ0) is 24.0. The lowest BCUT2D eigenvalue weighted by Crippen LogP contribution is -2.30. The van der Waals surface area contributed by atoms with Crippen LogP contribution >= 0.6 is 0 Å². The summed E-state index contributed by atoms with van der Waals surface area (Å²) in [5.74, 6) is 1.14. The summed E-state index contributed by atoms with van der Waals surface area (Å²) in [4.78, 5) is 33.3. The summed E-state index contributed by atoms with van der Waals surface area (Å²) in [6, 6.07) is 13.1. The highest BCUT2D eigenvalue weighted by Crippen LogP contribution is 2.46. The molecule has 8 heteroatoms. The number of aromatic nitrogens is 1. The van der Waals surface area contributed by atoms with Gasteiger partial charge < -0.3 is 18.6 Å². The Hall–Kier alpha value is -4.33. The lowest BCUT2D eigenvalue weighted by molar-refractivity contribution is 0.0970. The van der Waals surface area contributed by atoms with Gasteiger partial charge in [-0.1, -0.05) is 18.2 Å². The van der Waals surface area contributed by atoms with Gasteiger partial charge in [0, 0.05) is 6.20 Å². The first-order valence-corrected chi connectivity index (χ1v) is 10.6. The standard InChI is InChI=1S/C26H22N2O6/c1-14-9-10-20(27-13-14)28-22(15-11-18(31-2)24(33-4)19(12-15)32-3)21-23(29)16-7-5-6-8-17(16)34-25(21)26(28)30/h5-13,22H,1-4H3/t22-/m0/s1. The fourth-order valence-electron chi connectivity index (χ4n) is 4.33. The number of aryl methyl sites for hydroxylation is 1. The largest absolute Gasteiger partial charge is 0.493 e. The maximum atomic E-state index is 13.7. The third-order valence-electron chi connectivity index (χ3n) is 5.92. The third kappa shape index (κ3) is 3.18. The molecule has 0 fully saturated rings. The molecule has 1 aliphatic rings. The molecule has 4 aromatic rings. The predicted molar refractivity (Wildman–Crippen MR) is 126 cm³/mol. The molecule has 0 spiro atoms. The summed E-state index contributed by atoms with van der Waals surface area (Å²) in [6.07, 6.45) is 1.67. The Morgan fingerprint density at radius 2 is 1.65 bits per heavy atom. The van der Waals surface area contributed by atoms with Gasteiger partial charge in [0.25, 0.3) is 5.91 Å². The fourth-order valence-corrected chi connectivity index (χ4v) is 4.33. The van der Waals surface area contributed by atoms with Crippen LogP contribution in [-0.4, -0.2) is 32.2 Å². The number of rotatable bonds is 5. The molecule has 1 aliphatic heterocycles. The zero-order valence-electron chi connectivity index (χ0n) is 19.1. The lowest BCUT2D eigenvalue weighted by Gasteiger charge is -2.25. The van der Waals surface area contributed by atoms with Crippen LogP contribution in [-0.2, 0) is 0 Å². The fraction of sp³-hybridized carbons (Fsp3) is 0.192. The average molecular weight is 458 g/mol. The molecule has 2 aromatic carbocycles. The van der Waals surface area contributed by atoms with Gasteiger partial charge in [-0.2, -0.15) is 0 Å². The summed E-state index contributed by atoms with van der Waals surface area (Å²) >= 11 is 0. The van der Waals surface area contributed by atoms with E-state index in [1.807, 2.05) is 13.0 Å². The molecule has 5 rings (SSSR count). The van der Waals surface area contributed by atoms with E-state index in [0.29, 0.717) is 39.6 Å². The van der Waals surface area contributed by atoms with E-state index in [1.165, 1.54) is 26.2 Å². The van der Waals surface area contributed by atoms with Crippen LogP contribution in [0.3, 0.4) is 0 Å². The summed E-state index contributed by atoms with van der Waals surface area (Å²) in [6.45, 7) is 1.91. The minimum atomic E-state index is -0.813. The van der Waals surface area contributed by atoms with Gasteiger partial charge in [-0.05, 0) is 48.4 Å². The number of hydrogen-bond acceptors (Lipinski definition) is 7. The van der Waals surface area contributed by atoms with Gasteiger partial charge in [-0.15, -0.1) is 0 Å². The summed E-state index contributed by atoms with van der Waals surface area (Å²) in [7, 11) is 4.53. The van der Waals surface area contributed by atoms with Crippen molar-refractivity contribution in [2.45, 2.75) is 13.0 Å². The third-order valence-corrected chi connectivity index (χ3v) is 5.92. The number of anilines is 1. The Morgan fingerprint density at radius 3 is 2.26 bits per heavy atom. The van der Waals surface area contributed by atoms with E-state index in [1.54, 1.807) is 48.7 Å². The smallest absolute Gasteiger partial charge is 0.296 e. The van der Waals surface area contributed by atoms with Crippen molar-refractivity contribution in [3.8, 4) is 17.2 Å². The topological polar surface area (TPSA) is 91.1 Å². The molecule has 0 saturated carbocycles. The number of ether oxygens (including phenoxy) is 3. The summed E-state index contributed by atoms with van der Waals surface area (Å²) in [5, 5.41) is 0.394. The number of pyridine rings is 1. The molecule has 1 atom stereocenters. The highest BCUT2D eigenvalue weighted by atomic mass is 16.5. The van der Waals surface area contributed by atoms with Crippen LogP contribution in [0.4, 0.5) is 5.82 Å². The van der Waals surface area contributed by atoms with Gasteiger partial charge in [-0.3, -0.25) is 14.5 Å². The van der Waals surface area contributed by atoms with Gasteiger partial charge in [0.05, 0.1) is 38.3 Å². The lowest BCUT2D eigenvalue weighted by atomic mass is 9.97. The molecule has 0 radical (unpaired) electrons. The molecular weight excluding hydrogens is 436 g/mol. The maximum absolute atomic E-state index is 13.7. The second kappa shape index (κ2) is 8.22. The molecule has 0 saturated heterocycles. The molecule has 1 amide bonds. The van der Waals surface area contributed by atoms with Crippen LogP contribution in [0.5, 0.6) is 17.2 Å². The van der Waals surface area contributed by atoms with Crippen molar-refractivity contribution < 1.29 is 23.4 Å². The van der Waals surface area contributed by atoms with Crippen molar-refractivity contribution in [2.24, 2.45) is 0 Å². The number of para-hydroxylation sites is 1. The van der Waals surface area contributed by atoms with Gasteiger partial charge in [0.2, 0.25) is 11.5 Å².